The summed E-state index contributed by atoms with van der Waals surface area (Å²) in [4.78, 5) is 27.4. The molecule has 0 radical (unpaired) electrons. The number of amides is 2. The van der Waals surface area contributed by atoms with Crippen LogP contribution in [0.2, 0.25) is 0 Å². The van der Waals surface area contributed by atoms with E-state index < -0.39 is 6.04 Å². The first-order chi connectivity index (χ1) is 13.1. The van der Waals surface area contributed by atoms with Crippen molar-refractivity contribution in [1.82, 2.24) is 10.2 Å². The number of hydrogen-bond donors (Lipinski definition) is 1. The predicted octanol–water partition coefficient (Wildman–Crippen LogP) is 3.52. The van der Waals surface area contributed by atoms with E-state index in [1.807, 2.05) is 63.2 Å². The summed E-state index contributed by atoms with van der Waals surface area (Å²) < 4.78 is 0. The fourth-order valence-electron chi connectivity index (χ4n) is 3.26. The maximum Gasteiger partial charge on any atom is 0.242 e. The van der Waals surface area contributed by atoms with Crippen molar-refractivity contribution in [2.24, 2.45) is 0 Å². The lowest BCUT2D eigenvalue weighted by Gasteiger charge is -2.30. The second-order valence-corrected chi connectivity index (χ2v) is 6.74. The molecule has 4 nitrogen and oxygen atoms in total. The van der Waals surface area contributed by atoms with Crippen molar-refractivity contribution in [1.29, 1.82) is 0 Å². The molecule has 0 unspecified atom stereocenters. The Bertz CT molecular complexity index is 743. The maximum atomic E-state index is 13.1. The second kappa shape index (κ2) is 10.5. The van der Waals surface area contributed by atoms with E-state index in [4.69, 9.17) is 0 Å². The molecule has 0 spiro atoms. The molecule has 27 heavy (non-hydrogen) atoms. The Hall–Kier alpha value is -2.62. The summed E-state index contributed by atoms with van der Waals surface area (Å²) in [5, 5.41) is 2.87. The Morgan fingerprint density at radius 2 is 1.67 bits per heavy atom. The van der Waals surface area contributed by atoms with Crippen molar-refractivity contribution in [3.05, 3.63) is 71.3 Å². The van der Waals surface area contributed by atoms with Gasteiger partial charge in [-0.15, -0.1) is 0 Å². The van der Waals surface area contributed by atoms with Crippen LogP contribution in [0.3, 0.4) is 0 Å². The van der Waals surface area contributed by atoms with Crippen LogP contribution in [0.1, 0.15) is 37.0 Å². The van der Waals surface area contributed by atoms with Crippen LogP contribution in [0.15, 0.2) is 54.6 Å². The number of rotatable bonds is 9. The van der Waals surface area contributed by atoms with E-state index in [2.05, 4.69) is 17.4 Å². The van der Waals surface area contributed by atoms with Gasteiger partial charge in [0.1, 0.15) is 6.04 Å². The molecule has 2 aromatic carbocycles. The van der Waals surface area contributed by atoms with E-state index in [1.165, 1.54) is 0 Å². The molecular formula is C23H30N2O2. The Morgan fingerprint density at radius 1 is 1.00 bits per heavy atom. The van der Waals surface area contributed by atoms with E-state index in [1.54, 1.807) is 4.90 Å². The Balaban J connectivity index is 2.20. The first-order valence-corrected chi connectivity index (χ1v) is 9.72. The van der Waals surface area contributed by atoms with Gasteiger partial charge in [-0.1, -0.05) is 61.5 Å². The lowest BCUT2D eigenvalue weighted by molar-refractivity contribution is -0.140. The summed E-state index contributed by atoms with van der Waals surface area (Å²) >= 11 is 0. The van der Waals surface area contributed by atoms with Crippen molar-refractivity contribution >= 4 is 11.8 Å². The molecule has 144 valence electrons. The van der Waals surface area contributed by atoms with Crippen LogP contribution in [0, 0.1) is 6.92 Å². The third kappa shape index (κ3) is 5.95. The summed E-state index contributed by atoms with van der Waals surface area (Å²) in [6, 6.07) is 17.6. The molecule has 0 saturated heterocycles. The van der Waals surface area contributed by atoms with E-state index >= 15 is 0 Å². The first kappa shape index (κ1) is 20.7. The van der Waals surface area contributed by atoms with E-state index in [9.17, 15) is 9.59 Å². The van der Waals surface area contributed by atoms with Gasteiger partial charge in [-0.25, -0.2) is 0 Å². The number of nitrogens with zero attached hydrogens (tertiary/aromatic N) is 1. The fourth-order valence-corrected chi connectivity index (χ4v) is 3.26. The molecule has 0 aromatic heterocycles. The van der Waals surface area contributed by atoms with Crippen molar-refractivity contribution in [3.8, 4) is 0 Å². The molecule has 2 amide bonds. The summed E-state index contributed by atoms with van der Waals surface area (Å²) in [6.45, 7) is 6.96. The van der Waals surface area contributed by atoms with Gasteiger partial charge in [0.15, 0.2) is 0 Å². The quantitative estimate of drug-likeness (QED) is 0.738. The zero-order valence-corrected chi connectivity index (χ0v) is 16.6. The number of hydrogen-bond acceptors (Lipinski definition) is 2. The van der Waals surface area contributed by atoms with Crippen LogP contribution in [0.4, 0.5) is 0 Å². The van der Waals surface area contributed by atoms with E-state index in [0.29, 0.717) is 25.9 Å². The lowest BCUT2D eigenvalue weighted by Crippen LogP contribution is -2.50. The SMILES string of the molecule is CCNC(=O)[C@H](CC)N(CCc1ccccc1)C(=O)Cc1ccccc1C. The summed E-state index contributed by atoms with van der Waals surface area (Å²) in [7, 11) is 0. The molecular weight excluding hydrogens is 336 g/mol. The number of nitrogens with one attached hydrogen (secondary N) is 1. The summed E-state index contributed by atoms with van der Waals surface area (Å²) in [5.74, 6) is -0.0791. The van der Waals surface area contributed by atoms with Crippen LogP contribution >= 0.6 is 0 Å². The summed E-state index contributed by atoms with van der Waals surface area (Å²) in [5.41, 5.74) is 3.27. The number of carbonyl (C=O) groups excluding carboxylic acids is 2. The molecule has 0 heterocycles. The van der Waals surface area contributed by atoms with Crippen molar-refractivity contribution in [3.63, 3.8) is 0 Å². The highest BCUT2D eigenvalue weighted by Gasteiger charge is 2.28. The standard InChI is InChI=1S/C23H30N2O2/c1-4-21(23(27)24-5-2)25(16-15-19-12-7-6-8-13-19)22(26)17-20-14-10-9-11-18(20)3/h6-14,21H,4-5,15-17H2,1-3H3,(H,24,27)/t21-/m0/s1. The highest BCUT2D eigenvalue weighted by molar-refractivity contribution is 5.88. The Labute approximate surface area is 162 Å². The van der Waals surface area contributed by atoms with Gasteiger partial charge >= 0.3 is 0 Å². The Morgan fingerprint density at radius 3 is 2.30 bits per heavy atom. The highest BCUT2D eigenvalue weighted by Crippen LogP contribution is 2.14. The first-order valence-electron chi connectivity index (χ1n) is 9.72. The molecule has 0 fully saturated rings. The minimum Gasteiger partial charge on any atom is -0.355 e. The molecule has 0 saturated carbocycles. The van der Waals surface area contributed by atoms with Crippen molar-refractivity contribution in [2.75, 3.05) is 13.1 Å². The van der Waals surface area contributed by atoms with Crippen molar-refractivity contribution < 1.29 is 9.59 Å². The van der Waals surface area contributed by atoms with Crippen molar-refractivity contribution in [2.45, 2.75) is 46.1 Å². The molecule has 0 aliphatic heterocycles. The average Bonchev–Trinajstić information content (AvgIpc) is 2.67. The van der Waals surface area contributed by atoms with E-state index in [-0.39, 0.29) is 11.8 Å². The average molecular weight is 367 g/mol. The predicted molar refractivity (Wildman–Crippen MR) is 110 cm³/mol. The summed E-state index contributed by atoms with van der Waals surface area (Å²) in [6.07, 6.45) is 1.65. The second-order valence-electron chi connectivity index (χ2n) is 6.74. The van der Waals surface area contributed by atoms with Gasteiger partial charge < -0.3 is 10.2 Å². The van der Waals surface area contributed by atoms with Crippen LogP contribution in [0.25, 0.3) is 0 Å². The van der Waals surface area contributed by atoms with E-state index in [0.717, 1.165) is 23.1 Å². The smallest absolute Gasteiger partial charge is 0.242 e. The van der Waals surface area contributed by atoms with Gasteiger partial charge in [-0.2, -0.15) is 0 Å². The number of carbonyl (C=O) groups is 2. The molecule has 0 bridgehead atoms. The monoisotopic (exact) mass is 366 g/mol. The van der Waals surface area contributed by atoms with Gasteiger partial charge in [0.2, 0.25) is 11.8 Å². The number of likely N-dealkylation sites (N-methyl/N-ethyl adjacent to an activating group) is 1. The lowest BCUT2D eigenvalue weighted by atomic mass is 10.0. The number of aryl methyl sites for hydroxylation is 1. The Kier molecular flexibility index (Phi) is 8.05. The minimum absolute atomic E-state index is 0.00154. The molecule has 2 rings (SSSR count). The molecule has 2 aromatic rings. The van der Waals surface area contributed by atoms with Gasteiger partial charge in [0, 0.05) is 13.1 Å². The maximum absolute atomic E-state index is 13.1. The molecule has 1 atom stereocenters. The molecule has 4 heteroatoms. The largest absolute Gasteiger partial charge is 0.355 e. The molecule has 0 aliphatic rings. The number of benzene rings is 2. The van der Waals surface area contributed by atoms with Crippen LogP contribution < -0.4 is 5.32 Å². The van der Waals surface area contributed by atoms with Crippen LogP contribution in [-0.2, 0) is 22.4 Å². The molecule has 1 N–H and O–H groups in total. The fraction of sp³-hybridized carbons (Fsp3) is 0.391. The van der Waals surface area contributed by atoms with Gasteiger partial charge in [-0.05, 0) is 43.4 Å². The minimum atomic E-state index is -0.440. The third-order valence-electron chi connectivity index (χ3n) is 4.82. The van der Waals surface area contributed by atoms with Crippen LogP contribution in [0.5, 0.6) is 0 Å². The van der Waals surface area contributed by atoms with Gasteiger partial charge in [0.25, 0.3) is 0 Å². The third-order valence-corrected chi connectivity index (χ3v) is 4.82. The van der Waals surface area contributed by atoms with Crippen LogP contribution in [-0.4, -0.2) is 35.8 Å². The topological polar surface area (TPSA) is 49.4 Å². The zero-order chi connectivity index (χ0) is 19.6. The van der Waals surface area contributed by atoms with Gasteiger partial charge in [-0.3, -0.25) is 9.59 Å². The normalized spacial score (nSPS) is 11.7. The zero-order valence-electron chi connectivity index (χ0n) is 16.6. The highest BCUT2D eigenvalue weighted by atomic mass is 16.2. The van der Waals surface area contributed by atoms with Gasteiger partial charge in [0.05, 0.1) is 6.42 Å². The molecule has 0 aliphatic carbocycles.